The Morgan fingerprint density at radius 1 is 1.27 bits per heavy atom. The van der Waals surface area contributed by atoms with Gasteiger partial charge < -0.3 is 4.74 Å². The summed E-state index contributed by atoms with van der Waals surface area (Å²) in [5.74, 6) is 0.136. The average Bonchev–Trinajstić information content (AvgIpc) is 2.98. The Bertz CT molecular complexity index is 848. The molecule has 0 bridgehead atoms. The van der Waals surface area contributed by atoms with Crippen LogP contribution in [-0.4, -0.2) is 17.1 Å². The minimum Gasteiger partial charge on any atom is -0.494 e. The average molecular weight is 428 g/mol. The van der Waals surface area contributed by atoms with Crippen LogP contribution in [0.2, 0.25) is 0 Å². The standard InChI is InChI=1S/C16H14FIN2OS/c1-8(2)12-7-22-16(20-12)11-6-10(18)9-4-5-13(21-3)14(17)15(9)19-11/h4-8H,1-3H3. The van der Waals surface area contributed by atoms with E-state index in [1.165, 1.54) is 18.4 Å². The number of methoxy groups -OCH3 is 1. The van der Waals surface area contributed by atoms with Crippen molar-refractivity contribution >= 4 is 44.8 Å². The second-order valence-electron chi connectivity index (χ2n) is 5.20. The number of benzene rings is 1. The number of thiazole rings is 1. The lowest BCUT2D eigenvalue weighted by Crippen LogP contribution is -1.95. The SMILES string of the molecule is COc1ccc2c(I)cc(-c3nc(C(C)C)cs3)nc2c1F. The number of hydrogen-bond donors (Lipinski definition) is 0. The molecule has 2 heterocycles. The van der Waals surface area contributed by atoms with Gasteiger partial charge in [0.2, 0.25) is 0 Å². The van der Waals surface area contributed by atoms with Crippen LogP contribution in [0, 0.1) is 9.39 Å². The Hall–Kier alpha value is -1.28. The van der Waals surface area contributed by atoms with E-state index in [-0.39, 0.29) is 5.75 Å². The van der Waals surface area contributed by atoms with Crippen LogP contribution < -0.4 is 4.74 Å². The zero-order chi connectivity index (χ0) is 15.9. The van der Waals surface area contributed by atoms with Gasteiger partial charge in [0.1, 0.15) is 16.2 Å². The highest BCUT2D eigenvalue weighted by molar-refractivity contribution is 14.1. The molecule has 0 fully saturated rings. The Labute approximate surface area is 145 Å². The van der Waals surface area contributed by atoms with Crippen molar-refractivity contribution in [1.82, 2.24) is 9.97 Å². The lowest BCUT2D eigenvalue weighted by atomic mass is 10.1. The van der Waals surface area contributed by atoms with Gasteiger partial charge in [0, 0.05) is 14.3 Å². The number of aromatic nitrogens is 2. The summed E-state index contributed by atoms with van der Waals surface area (Å²) in [5.41, 5.74) is 2.05. The minimum atomic E-state index is -0.430. The number of pyridine rings is 1. The van der Waals surface area contributed by atoms with E-state index in [2.05, 4.69) is 46.4 Å². The lowest BCUT2D eigenvalue weighted by Gasteiger charge is -2.08. The van der Waals surface area contributed by atoms with Gasteiger partial charge in [-0.3, -0.25) is 0 Å². The first-order valence-electron chi connectivity index (χ1n) is 6.79. The highest BCUT2D eigenvalue weighted by Crippen LogP contribution is 2.32. The summed E-state index contributed by atoms with van der Waals surface area (Å²) in [6, 6.07) is 5.40. The van der Waals surface area contributed by atoms with E-state index in [4.69, 9.17) is 4.74 Å². The molecule has 0 atom stereocenters. The Kier molecular flexibility index (Phi) is 4.31. The second-order valence-corrected chi connectivity index (χ2v) is 7.22. The van der Waals surface area contributed by atoms with E-state index < -0.39 is 5.82 Å². The summed E-state index contributed by atoms with van der Waals surface area (Å²) in [6.45, 7) is 4.20. The van der Waals surface area contributed by atoms with E-state index in [1.54, 1.807) is 6.07 Å². The zero-order valence-electron chi connectivity index (χ0n) is 12.4. The molecule has 1 aromatic carbocycles. The Morgan fingerprint density at radius 3 is 2.68 bits per heavy atom. The minimum absolute atomic E-state index is 0.204. The maximum atomic E-state index is 14.5. The van der Waals surface area contributed by atoms with Gasteiger partial charge in [-0.2, -0.15) is 0 Å². The summed E-state index contributed by atoms with van der Waals surface area (Å²) < 4.78 is 20.5. The van der Waals surface area contributed by atoms with Crippen LogP contribution in [0.1, 0.15) is 25.5 Å². The number of fused-ring (bicyclic) bond motifs is 1. The van der Waals surface area contributed by atoms with Crippen LogP contribution in [0.4, 0.5) is 4.39 Å². The summed E-state index contributed by atoms with van der Waals surface area (Å²) in [7, 11) is 1.45. The van der Waals surface area contributed by atoms with Gasteiger partial charge >= 0.3 is 0 Å². The molecule has 0 amide bonds. The number of nitrogens with zero attached hydrogens (tertiary/aromatic N) is 2. The van der Waals surface area contributed by atoms with Gasteiger partial charge in [-0.15, -0.1) is 11.3 Å². The molecule has 114 valence electrons. The second kappa shape index (κ2) is 6.08. The van der Waals surface area contributed by atoms with Crippen molar-refractivity contribution in [2.45, 2.75) is 19.8 Å². The molecule has 3 aromatic rings. The quantitative estimate of drug-likeness (QED) is 0.536. The largest absolute Gasteiger partial charge is 0.494 e. The van der Waals surface area contributed by atoms with Crippen molar-refractivity contribution in [2.24, 2.45) is 0 Å². The first-order valence-corrected chi connectivity index (χ1v) is 8.75. The number of hydrogen-bond acceptors (Lipinski definition) is 4. The van der Waals surface area contributed by atoms with E-state index in [0.29, 0.717) is 17.1 Å². The third kappa shape index (κ3) is 2.69. The monoisotopic (exact) mass is 428 g/mol. The fraction of sp³-hybridized carbons (Fsp3) is 0.250. The topological polar surface area (TPSA) is 35.0 Å². The molecule has 0 aliphatic heterocycles. The Morgan fingerprint density at radius 2 is 2.05 bits per heavy atom. The van der Waals surface area contributed by atoms with Crippen molar-refractivity contribution in [1.29, 1.82) is 0 Å². The Balaban J connectivity index is 2.20. The molecule has 0 N–H and O–H groups in total. The molecule has 0 aliphatic rings. The summed E-state index contributed by atoms with van der Waals surface area (Å²) in [5, 5.41) is 3.62. The highest BCUT2D eigenvalue weighted by Gasteiger charge is 2.15. The maximum Gasteiger partial charge on any atom is 0.191 e. The lowest BCUT2D eigenvalue weighted by molar-refractivity contribution is 0.388. The van der Waals surface area contributed by atoms with E-state index in [1.807, 2.05) is 17.5 Å². The van der Waals surface area contributed by atoms with Gasteiger partial charge in [0.05, 0.1) is 12.8 Å². The molecule has 0 saturated carbocycles. The third-order valence-electron chi connectivity index (χ3n) is 3.39. The van der Waals surface area contributed by atoms with Gasteiger partial charge in [0.15, 0.2) is 11.6 Å². The molecule has 0 spiro atoms. The van der Waals surface area contributed by atoms with Crippen LogP contribution >= 0.6 is 33.9 Å². The molecule has 0 saturated heterocycles. The molecule has 22 heavy (non-hydrogen) atoms. The van der Waals surface area contributed by atoms with Crippen LogP contribution in [-0.2, 0) is 0 Å². The maximum absolute atomic E-state index is 14.5. The van der Waals surface area contributed by atoms with E-state index >= 15 is 0 Å². The smallest absolute Gasteiger partial charge is 0.191 e. The van der Waals surface area contributed by atoms with Crippen molar-refractivity contribution in [3.8, 4) is 16.5 Å². The molecule has 0 radical (unpaired) electrons. The van der Waals surface area contributed by atoms with Gasteiger partial charge in [-0.05, 0) is 46.7 Å². The fourth-order valence-electron chi connectivity index (χ4n) is 2.13. The molecule has 0 unspecified atom stereocenters. The molecule has 3 nitrogen and oxygen atoms in total. The normalized spacial score (nSPS) is 11.4. The van der Waals surface area contributed by atoms with Gasteiger partial charge in [-0.25, -0.2) is 14.4 Å². The number of ether oxygens (including phenoxy) is 1. The molecule has 3 rings (SSSR count). The molecular weight excluding hydrogens is 414 g/mol. The van der Waals surface area contributed by atoms with Crippen LogP contribution in [0.25, 0.3) is 21.6 Å². The predicted octanol–water partition coefficient (Wildman–Crippen LogP) is 5.23. The van der Waals surface area contributed by atoms with Crippen molar-refractivity contribution < 1.29 is 9.13 Å². The van der Waals surface area contributed by atoms with Crippen LogP contribution in [0.5, 0.6) is 5.75 Å². The van der Waals surface area contributed by atoms with Crippen LogP contribution in [0.3, 0.4) is 0 Å². The van der Waals surface area contributed by atoms with E-state index in [0.717, 1.165) is 19.7 Å². The molecular formula is C16H14FIN2OS. The van der Waals surface area contributed by atoms with Crippen LogP contribution in [0.15, 0.2) is 23.6 Å². The van der Waals surface area contributed by atoms with Crippen molar-refractivity contribution in [2.75, 3.05) is 7.11 Å². The van der Waals surface area contributed by atoms with E-state index in [9.17, 15) is 4.39 Å². The molecule has 6 heteroatoms. The fourth-order valence-corrected chi connectivity index (χ4v) is 3.81. The number of halogens is 2. The molecule has 0 aliphatic carbocycles. The van der Waals surface area contributed by atoms with Gasteiger partial charge in [-0.1, -0.05) is 13.8 Å². The summed E-state index contributed by atoms with van der Waals surface area (Å²) in [6.07, 6.45) is 0. The molecule has 2 aromatic heterocycles. The summed E-state index contributed by atoms with van der Waals surface area (Å²) in [4.78, 5) is 9.07. The first kappa shape index (κ1) is 15.6. The summed E-state index contributed by atoms with van der Waals surface area (Å²) >= 11 is 3.73. The first-order chi connectivity index (χ1) is 10.5. The van der Waals surface area contributed by atoms with Crippen molar-refractivity contribution in [3.63, 3.8) is 0 Å². The predicted molar refractivity (Wildman–Crippen MR) is 96.2 cm³/mol. The van der Waals surface area contributed by atoms with Crippen molar-refractivity contribution in [3.05, 3.63) is 38.7 Å². The highest BCUT2D eigenvalue weighted by atomic mass is 127. The number of rotatable bonds is 3. The third-order valence-corrected chi connectivity index (χ3v) is 5.16. The van der Waals surface area contributed by atoms with Gasteiger partial charge in [0.25, 0.3) is 0 Å². The zero-order valence-corrected chi connectivity index (χ0v) is 15.3.